The molecule has 0 aliphatic carbocycles. The zero-order valence-electron chi connectivity index (χ0n) is 20.3. The molecule has 0 atom stereocenters. The van der Waals surface area contributed by atoms with Gasteiger partial charge in [0.2, 0.25) is 5.91 Å². The smallest absolute Gasteiger partial charge is 0.275 e. The lowest BCUT2D eigenvalue weighted by Gasteiger charge is -2.18. The highest BCUT2D eigenvalue weighted by atomic mass is 35.5. The Balaban J connectivity index is 1.60. The molecule has 8 nitrogen and oxygen atoms in total. The summed E-state index contributed by atoms with van der Waals surface area (Å²) in [5, 5.41) is 6.29. The molecule has 0 aliphatic heterocycles. The van der Waals surface area contributed by atoms with Crippen molar-refractivity contribution < 1.29 is 13.9 Å². The Morgan fingerprint density at radius 2 is 1.92 bits per heavy atom. The number of rotatable bonds is 6. The fourth-order valence-electron chi connectivity index (χ4n) is 4.12. The van der Waals surface area contributed by atoms with Crippen LogP contribution in [0.3, 0.4) is 0 Å². The fourth-order valence-corrected chi connectivity index (χ4v) is 4.53. The second-order valence-corrected chi connectivity index (χ2v) is 9.26. The summed E-state index contributed by atoms with van der Waals surface area (Å²) in [7, 11) is 1.63. The van der Waals surface area contributed by atoms with Gasteiger partial charge in [0, 0.05) is 41.7 Å². The van der Waals surface area contributed by atoms with Crippen LogP contribution in [0, 0.1) is 6.92 Å². The molecule has 1 amide bonds. The number of aryl methyl sites for hydroxylation is 1. The molecule has 5 rings (SSSR count). The number of likely N-dealkylation sites (N-methyl/N-ethyl adjacent to an activating group) is 1. The molecular weight excluding hydrogens is 515 g/mol. The van der Waals surface area contributed by atoms with Crippen molar-refractivity contribution >= 4 is 56.7 Å². The van der Waals surface area contributed by atoms with E-state index in [-0.39, 0.29) is 12.5 Å². The Kier molecular flexibility index (Phi) is 6.62. The van der Waals surface area contributed by atoms with Gasteiger partial charge in [-0.2, -0.15) is 5.10 Å². The third-order valence-electron chi connectivity index (χ3n) is 5.94. The Bertz CT molecular complexity index is 1730. The molecule has 2 aromatic heterocycles. The van der Waals surface area contributed by atoms with E-state index in [4.69, 9.17) is 32.4 Å². The number of aromatic nitrogens is 3. The van der Waals surface area contributed by atoms with Gasteiger partial charge in [-0.3, -0.25) is 9.59 Å². The molecule has 37 heavy (non-hydrogen) atoms. The van der Waals surface area contributed by atoms with Gasteiger partial charge in [0.1, 0.15) is 17.8 Å². The number of amides is 1. The summed E-state index contributed by atoms with van der Waals surface area (Å²) in [5.74, 6) is 0.566. The molecule has 188 valence electrons. The van der Waals surface area contributed by atoms with Crippen molar-refractivity contribution in [3.05, 3.63) is 80.9 Å². The second kappa shape index (κ2) is 9.88. The Labute approximate surface area is 222 Å². The standard InChI is InChI=1S/C27H22Cl2N4O4/c1-4-36-23-13-20-19(12-21(23)29)26(16-6-5-7-17(28)10-16)31-33(27(20)35)14-25(34)32(3)18-8-9-22-24(11-18)37-15(2)30-22/h5-13H,4,14H2,1-3H3. The molecule has 0 N–H and O–H groups in total. The van der Waals surface area contributed by atoms with E-state index in [0.717, 1.165) is 4.68 Å². The minimum atomic E-state index is -0.443. The number of benzene rings is 3. The number of hydrogen-bond donors (Lipinski definition) is 0. The maximum absolute atomic E-state index is 13.5. The first kappa shape index (κ1) is 24.8. The number of fused-ring (bicyclic) bond motifs is 2. The van der Waals surface area contributed by atoms with Crippen molar-refractivity contribution in [1.29, 1.82) is 0 Å². The van der Waals surface area contributed by atoms with Gasteiger partial charge in [-0.05, 0) is 43.3 Å². The van der Waals surface area contributed by atoms with E-state index in [2.05, 4.69) is 10.1 Å². The van der Waals surface area contributed by atoms with E-state index in [1.54, 1.807) is 62.5 Å². The number of halogens is 2. The molecule has 0 saturated carbocycles. The summed E-state index contributed by atoms with van der Waals surface area (Å²) < 4.78 is 12.3. The zero-order chi connectivity index (χ0) is 26.3. The summed E-state index contributed by atoms with van der Waals surface area (Å²) in [6.07, 6.45) is 0. The minimum Gasteiger partial charge on any atom is -0.492 e. The molecule has 5 aromatic rings. The van der Waals surface area contributed by atoms with Gasteiger partial charge in [0.15, 0.2) is 11.5 Å². The molecular formula is C27H22Cl2N4O4. The van der Waals surface area contributed by atoms with E-state index >= 15 is 0 Å². The quantitative estimate of drug-likeness (QED) is 0.269. The van der Waals surface area contributed by atoms with E-state index in [1.165, 1.54) is 4.90 Å². The molecule has 10 heteroatoms. The SMILES string of the molecule is CCOc1cc2c(=O)n(CC(=O)N(C)c3ccc4nc(C)oc4c3)nc(-c3cccc(Cl)c3)c2cc1Cl. The second-order valence-electron chi connectivity index (χ2n) is 8.42. The lowest BCUT2D eigenvalue weighted by Crippen LogP contribution is -2.35. The maximum Gasteiger partial charge on any atom is 0.275 e. The Hall–Kier alpha value is -3.88. The van der Waals surface area contributed by atoms with Gasteiger partial charge < -0.3 is 14.1 Å². The lowest BCUT2D eigenvalue weighted by molar-refractivity contribution is -0.119. The molecule has 0 bridgehead atoms. The average molecular weight is 537 g/mol. The number of hydrogen-bond acceptors (Lipinski definition) is 6. The molecule has 3 aromatic carbocycles. The normalized spacial score (nSPS) is 11.3. The number of nitrogens with zero attached hydrogens (tertiary/aromatic N) is 4. The number of carbonyl (C=O) groups is 1. The summed E-state index contributed by atoms with van der Waals surface area (Å²) in [6, 6.07) is 15.6. The van der Waals surface area contributed by atoms with E-state index in [1.807, 2.05) is 13.0 Å². The van der Waals surface area contributed by atoms with E-state index in [0.29, 0.717) is 67.1 Å². The summed E-state index contributed by atoms with van der Waals surface area (Å²) in [6.45, 7) is 3.67. The zero-order valence-corrected chi connectivity index (χ0v) is 21.8. The minimum absolute atomic E-state index is 0.293. The third kappa shape index (κ3) is 4.77. The van der Waals surface area contributed by atoms with Crippen molar-refractivity contribution in [2.24, 2.45) is 0 Å². The van der Waals surface area contributed by atoms with Gasteiger partial charge in [0.05, 0.1) is 22.7 Å². The first-order chi connectivity index (χ1) is 17.7. The maximum atomic E-state index is 13.5. The van der Waals surface area contributed by atoms with Gasteiger partial charge in [-0.1, -0.05) is 35.3 Å². The van der Waals surface area contributed by atoms with Crippen molar-refractivity contribution in [2.45, 2.75) is 20.4 Å². The average Bonchev–Trinajstić information content (AvgIpc) is 3.25. The van der Waals surface area contributed by atoms with Crippen LogP contribution in [0.25, 0.3) is 33.1 Å². The molecule has 0 fully saturated rings. The highest BCUT2D eigenvalue weighted by molar-refractivity contribution is 6.33. The largest absolute Gasteiger partial charge is 0.492 e. The lowest BCUT2D eigenvalue weighted by atomic mass is 10.0. The molecule has 2 heterocycles. The van der Waals surface area contributed by atoms with Gasteiger partial charge in [0.25, 0.3) is 5.56 Å². The van der Waals surface area contributed by atoms with Crippen LogP contribution in [0.15, 0.2) is 63.8 Å². The van der Waals surface area contributed by atoms with Crippen LogP contribution in [0.1, 0.15) is 12.8 Å². The van der Waals surface area contributed by atoms with Crippen LogP contribution < -0.4 is 15.2 Å². The van der Waals surface area contributed by atoms with E-state index in [9.17, 15) is 9.59 Å². The summed E-state index contributed by atoms with van der Waals surface area (Å²) in [5.41, 5.74) is 2.57. The van der Waals surface area contributed by atoms with Crippen molar-refractivity contribution in [3.63, 3.8) is 0 Å². The number of anilines is 1. The molecule has 0 spiro atoms. The van der Waals surface area contributed by atoms with Gasteiger partial charge >= 0.3 is 0 Å². The highest BCUT2D eigenvalue weighted by Crippen LogP contribution is 2.34. The van der Waals surface area contributed by atoms with Crippen molar-refractivity contribution in [1.82, 2.24) is 14.8 Å². The van der Waals surface area contributed by atoms with Crippen LogP contribution in [-0.2, 0) is 11.3 Å². The third-order valence-corrected chi connectivity index (χ3v) is 6.47. The van der Waals surface area contributed by atoms with Crippen LogP contribution >= 0.6 is 23.2 Å². The van der Waals surface area contributed by atoms with E-state index < -0.39 is 5.56 Å². The Morgan fingerprint density at radius 3 is 2.68 bits per heavy atom. The topological polar surface area (TPSA) is 90.5 Å². The van der Waals surface area contributed by atoms with Crippen LogP contribution in [0.2, 0.25) is 10.0 Å². The molecule has 0 saturated heterocycles. The van der Waals surface area contributed by atoms with Gasteiger partial charge in [-0.15, -0.1) is 0 Å². The van der Waals surface area contributed by atoms with Gasteiger partial charge in [-0.25, -0.2) is 9.67 Å². The monoisotopic (exact) mass is 536 g/mol. The van der Waals surface area contributed by atoms with Crippen LogP contribution in [0.4, 0.5) is 5.69 Å². The summed E-state index contributed by atoms with van der Waals surface area (Å²) >= 11 is 12.7. The number of oxazole rings is 1. The van der Waals surface area contributed by atoms with Crippen LogP contribution in [0.5, 0.6) is 5.75 Å². The fraction of sp³-hybridized carbons (Fsp3) is 0.185. The van der Waals surface area contributed by atoms with Crippen molar-refractivity contribution in [3.8, 4) is 17.0 Å². The number of ether oxygens (including phenoxy) is 1. The molecule has 0 unspecified atom stereocenters. The molecule has 0 radical (unpaired) electrons. The first-order valence-electron chi connectivity index (χ1n) is 11.5. The van der Waals surface area contributed by atoms with Crippen LogP contribution in [-0.4, -0.2) is 34.3 Å². The molecule has 0 aliphatic rings. The highest BCUT2D eigenvalue weighted by Gasteiger charge is 2.20. The predicted molar refractivity (Wildman–Crippen MR) is 145 cm³/mol. The predicted octanol–water partition coefficient (Wildman–Crippen LogP) is 5.88. The number of carbonyl (C=O) groups excluding carboxylic acids is 1. The summed E-state index contributed by atoms with van der Waals surface area (Å²) in [4.78, 5) is 32.5. The van der Waals surface area contributed by atoms with Crippen molar-refractivity contribution in [2.75, 3.05) is 18.6 Å². The first-order valence-corrected chi connectivity index (χ1v) is 12.3. The Morgan fingerprint density at radius 1 is 1.11 bits per heavy atom.